The normalized spacial score (nSPS) is 11.5. The second-order valence-electron chi connectivity index (χ2n) is 6.64. The lowest BCUT2D eigenvalue weighted by Crippen LogP contribution is -2.22. The number of rotatable bonds is 8. The molecule has 32 heavy (non-hydrogen) atoms. The Morgan fingerprint density at radius 2 is 1.97 bits per heavy atom. The lowest BCUT2D eigenvalue weighted by Gasteiger charge is -2.15. The zero-order valence-electron chi connectivity index (χ0n) is 17.4. The topological polar surface area (TPSA) is 132 Å². The molecule has 13 heteroatoms. The van der Waals surface area contributed by atoms with Crippen molar-refractivity contribution in [2.45, 2.75) is 10.1 Å². The molecule has 0 saturated heterocycles. The highest BCUT2D eigenvalue weighted by Crippen LogP contribution is 2.30. The fraction of sp³-hybridized carbons (Fsp3) is 0.211. The number of benzene rings is 2. The summed E-state index contributed by atoms with van der Waals surface area (Å²) in [6.07, 6.45) is 0. The van der Waals surface area contributed by atoms with Gasteiger partial charge in [0.25, 0.3) is 0 Å². The predicted molar refractivity (Wildman–Crippen MR) is 124 cm³/mol. The summed E-state index contributed by atoms with van der Waals surface area (Å²) in [6.45, 7) is 0. The number of nitrogens with zero attached hydrogens (tertiary/aromatic N) is 4. The van der Waals surface area contributed by atoms with E-state index in [4.69, 9.17) is 22.2 Å². The maximum atomic E-state index is 12.5. The Kier molecular flexibility index (Phi) is 7.29. The van der Waals surface area contributed by atoms with Crippen LogP contribution in [0.2, 0.25) is 5.02 Å². The first kappa shape index (κ1) is 23.9. The molecule has 0 fully saturated rings. The largest absolute Gasteiger partial charge is 0.495 e. The molecule has 0 saturated carbocycles. The molecule has 0 unspecified atom stereocenters. The highest BCUT2D eigenvalue weighted by atomic mass is 35.5. The van der Waals surface area contributed by atoms with Gasteiger partial charge in [-0.05, 0) is 30.3 Å². The number of carbonyl (C=O) groups is 1. The van der Waals surface area contributed by atoms with Gasteiger partial charge in [0.15, 0.2) is 5.82 Å². The molecule has 1 amide bonds. The van der Waals surface area contributed by atoms with Gasteiger partial charge in [-0.1, -0.05) is 35.5 Å². The van der Waals surface area contributed by atoms with Crippen molar-refractivity contribution >= 4 is 45.0 Å². The van der Waals surface area contributed by atoms with Gasteiger partial charge in [0, 0.05) is 19.7 Å². The maximum Gasteiger partial charge on any atom is 0.242 e. The SMILES string of the molecule is COc1ccc(S(=O)(=O)N(C)C)cc1NC(=O)CSc1nnc(-c2ccccc2Cl)n1N. The van der Waals surface area contributed by atoms with Gasteiger partial charge >= 0.3 is 0 Å². The van der Waals surface area contributed by atoms with Crippen LogP contribution in [0.15, 0.2) is 52.5 Å². The second-order valence-corrected chi connectivity index (χ2v) is 10.1. The van der Waals surface area contributed by atoms with Crippen LogP contribution < -0.4 is 15.9 Å². The summed E-state index contributed by atoms with van der Waals surface area (Å²) < 4.78 is 32.3. The van der Waals surface area contributed by atoms with Crippen molar-refractivity contribution in [1.29, 1.82) is 0 Å². The zero-order chi connectivity index (χ0) is 23.5. The molecule has 1 aromatic heterocycles. The monoisotopic (exact) mass is 496 g/mol. The van der Waals surface area contributed by atoms with Gasteiger partial charge in [-0.2, -0.15) is 0 Å². The van der Waals surface area contributed by atoms with Crippen LogP contribution >= 0.6 is 23.4 Å². The van der Waals surface area contributed by atoms with E-state index in [-0.39, 0.29) is 16.3 Å². The number of hydrogen-bond acceptors (Lipinski definition) is 8. The number of halogens is 1. The fourth-order valence-corrected chi connectivity index (χ4v) is 4.48. The van der Waals surface area contributed by atoms with E-state index in [1.165, 1.54) is 44.1 Å². The number of anilines is 1. The number of thioether (sulfide) groups is 1. The minimum Gasteiger partial charge on any atom is -0.495 e. The van der Waals surface area contributed by atoms with Gasteiger partial charge in [-0.15, -0.1) is 10.2 Å². The van der Waals surface area contributed by atoms with E-state index in [0.29, 0.717) is 27.3 Å². The Balaban J connectivity index is 1.74. The number of nitrogens with one attached hydrogen (secondary N) is 1. The first-order valence-corrected chi connectivity index (χ1v) is 11.9. The van der Waals surface area contributed by atoms with E-state index >= 15 is 0 Å². The number of aromatic nitrogens is 3. The minimum atomic E-state index is -3.68. The Morgan fingerprint density at radius 3 is 2.62 bits per heavy atom. The van der Waals surface area contributed by atoms with Crippen molar-refractivity contribution in [2.75, 3.05) is 38.1 Å². The third-order valence-electron chi connectivity index (χ3n) is 4.34. The molecule has 0 atom stereocenters. The van der Waals surface area contributed by atoms with Crippen molar-refractivity contribution in [2.24, 2.45) is 0 Å². The highest BCUT2D eigenvalue weighted by Gasteiger charge is 2.20. The molecule has 0 spiro atoms. The second kappa shape index (κ2) is 9.77. The van der Waals surface area contributed by atoms with Crippen LogP contribution in [0.5, 0.6) is 5.75 Å². The number of ether oxygens (including phenoxy) is 1. The Morgan fingerprint density at radius 1 is 1.25 bits per heavy atom. The molecule has 0 aliphatic rings. The van der Waals surface area contributed by atoms with Gasteiger partial charge in [-0.3, -0.25) is 4.79 Å². The Hall–Kier alpha value is -2.80. The Labute approximate surface area is 194 Å². The molecule has 0 bridgehead atoms. The molecule has 0 aliphatic carbocycles. The van der Waals surface area contributed by atoms with Gasteiger partial charge in [0.1, 0.15) is 5.75 Å². The van der Waals surface area contributed by atoms with Crippen molar-refractivity contribution in [3.8, 4) is 17.1 Å². The summed E-state index contributed by atoms with van der Waals surface area (Å²) in [4.78, 5) is 12.5. The molecule has 170 valence electrons. The van der Waals surface area contributed by atoms with Crippen LogP contribution in [0, 0.1) is 0 Å². The number of sulfonamides is 1. The highest BCUT2D eigenvalue weighted by molar-refractivity contribution is 7.99. The van der Waals surface area contributed by atoms with Crippen LogP contribution in [-0.4, -0.2) is 60.5 Å². The predicted octanol–water partition coefficient (Wildman–Crippen LogP) is 2.30. The fourth-order valence-electron chi connectivity index (χ4n) is 2.67. The summed E-state index contributed by atoms with van der Waals surface area (Å²) >= 11 is 7.25. The van der Waals surface area contributed by atoms with Gasteiger partial charge < -0.3 is 15.9 Å². The first-order valence-electron chi connectivity index (χ1n) is 9.13. The summed E-state index contributed by atoms with van der Waals surface area (Å²) in [5.74, 6) is 6.30. The summed E-state index contributed by atoms with van der Waals surface area (Å²) in [5.41, 5.74) is 0.844. The summed E-state index contributed by atoms with van der Waals surface area (Å²) in [5, 5.41) is 11.5. The average Bonchev–Trinajstić information content (AvgIpc) is 3.12. The molecule has 10 nitrogen and oxygen atoms in total. The molecular formula is C19H21ClN6O4S2. The number of nitrogen functional groups attached to an aromatic ring is 1. The van der Waals surface area contributed by atoms with E-state index in [2.05, 4.69) is 15.5 Å². The zero-order valence-corrected chi connectivity index (χ0v) is 19.8. The van der Waals surface area contributed by atoms with Crippen LogP contribution in [0.4, 0.5) is 5.69 Å². The quantitative estimate of drug-likeness (QED) is 0.358. The molecule has 0 radical (unpaired) electrons. The molecule has 3 rings (SSSR count). The van der Waals surface area contributed by atoms with Crippen LogP contribution in [-0.2, 0) is 14.8 Å². The van der Waals surface area contributed by atoms with Gasteiger partial charge in [0.05, 0.1) is 28.5 Å². The maximum absolute atomic E-state index is 12.5. The first-order chi connectivity index (χ1) is 15.1. The average molecular weight is 497 g/mol. The molecule has 1 heterocycles. The van der Waals surface area contributed by atoms with Crippen molar-refractivity contribution in [3.05, 3.63) is 47.5 Å². The Bertz CT molecular complexity index is 1250. The molecule has 3 N–H and O–H groups in total. The smallest absolute Gasteiger partial charge is 0.242 e. The van der Waals surface area contributed by atoms with E-state index in [9.17, 15) is 13.2 Å². The van der Waals surface area contributed by atoms with E-state index in [1.807, 2.05) is 0 Å². The minimum absolute atomic E-state index is 0.0253. The summed E-state index contributed by atoms with van der Waals surface area (Å²) in [6, 6.07) is 11.3. The lowest BCUT2D eigenvalue weighted by atomic mass is 10.2. The summed E-state index contributed by atoms with van der Waals surface area (Å²) in [7, 11) is 0.598. The molecule has 2 aromatic carbocycles. The van der Waals surface area contributed by atoms with Crippen molar-refractivity contribution in [3.63, 3.8) is 0 Å². The van der Waals surface area contributed by atoms with E-state index in [1.54, 1.807) is 24.3 Å². The van der Waals surface area contributed by atoms with Crippen LogP contribution in [0.25, 0.3) is 11.4 Å². The molecular weight excluding hydrogens is 476 g/mol. The number of carbonyl (C=O) groups excluding carboxylic acids is 1. The molecule has 0 aliphatic heterocycles. The number of nitrogens with two attached hydrogens (primary N) is 1. The standard InChI is InChI=1S/C19H21ClN6O4S2/c1-25(2)32(28,29)12-8-9-16(30-3)15(10-12)22-17(27)11-31-19-24-23-18(26(19)21)13-6-4-5-7-14(13)20/h4-10H,11,21H2,1-3H3,(H,22,27). The number of hydrogen-bond donors (Lipinski definition) is 2. The van der Waals surface area contributed by atoms with Gasteiger partial charge in [-0.25, -0.2) is 17.4 Å². The number of amides is 1. The van der Waals surface area contributed by atoms with Crippen LogP contribution in [0.3, 0.4) is 0 Å². The third-order valence-corrected chi connectivity index (χ3v) is 7.42. The van der Waals surface area contributed by atoms with Gasteiger partial charge in [0.2, 0.25) is 21.1 Å². The third kappa shape index (κ3) is 4.99. The molecule has 3 aromatic rings. The van der Waals surface area contributed by atoms with E-state index in [0.717, 1.165) is 16.1 Å². The van der Waals surface area contributed by atoms with Crippen LogP contribution in [0.1, 0.15) is 0 Å². The number of methoxy groups -OCH3 is 1. The van der Waals surface area contributed by atoms with E-state index < -0.39 is 15.9 Å². The van der Waals surface area contributed by atoms with Crippen molar-refractivity contribution in [1.82, 2.24) is 19.2 Å². The lowest BCUT2D eigenvalue weighted by molar-refractivity contribution is -0.113. The van der Waals surface area contributed by atoms with Crippen molar-refractivity contribution < 1.29 is 17.9 Å².